The number of aromatic nitrogens is 1. The first-order chi connectivity index (χ1) is 17.0. The molecule has 2 N–H and O–H groups in total. The van der Waals surface area contributed by atoms with Crippen LogP contribution in [0.5, 0.6) is 23.1 Å². The van der Waals surface area contributed by atoms with Crippen LogP contribution in [0.3, 0.4) is 0 Å². The fourth-order valence-electron chi connectivity index (χ4n) is 4.79. The molecule has 184 valence electrons. The number of benzene rings is 2. The van der Waals surface area contributed by atoms with E-state index in [0.717, 1.165) is 19.3 Å². The van der Waals surface area contributed by atoms with Gasteiger partial charge in [-0.15, -0.1) is 0 Å². The fraction of sp³-hybridized carbons (Fsp3) is 0.357. The van der Waals surface area contributed by atoms with E-state index in [1.54, 1.807) is 23.1 Å². The van der Waals surface area contributed by atoms with Gasteiger partial charge in [-0.05, 0) is 37.0 Å². The Labute approximate surface area is 206 Å². The third kappa shape index (κ3) is 4.76. The molecule has 1 atom stereocenters. The van der Waals surface area contributed by atoms with Gasteiger partial charge < -0.3 is 24.6 Å². The largest absolute Gasteiger partial charge is 0.506 e. The van der Waals surface area contributed by atoms with Crippen LogP contribution in [0, 0.1) is 0 Å². The van der Waals surface area contributed by atoms with E-state index in [-0.39, 0.29) is 17.2 Å². The second kappa shape index (κ2) is 10.7. The van der Waals surface area contributed by atoms with Crippen molar-refractivity contribution >= 4 is 5.91 Å². The third-order valence-electron chi connectivity index (χ3n) is 6.63. The molecule has 35 heavy (non-hydrogen) atoms. The molecule has 0 spiro atoms. The molecule has 1 saturated heterocycles. The van der Waals surface area contributed by atoms with Gasteiger partial charge in [-0.2, -0.15) is 0 Å². The summed E-state index contributed by atoms with van der Waals surface area (Å²) in [6.45, 7) is 3.09. The zero-order valence-electron chi connectivity index (χ0n) is 20.5. The molecule has 1 aliphatic heterocycles. The van der Waals surface area contributed by atoms with Crippen molar-refractivity contribution in [3.05, 3.63) is 65.4 Å². The molecule has 0 radical (unpaired) electrons. The lowest BCUT2D eigenvalue weighted by molar-refractivity contribution is 0.0783. The number of rotatable bonds is 8. The molecule has 1 aliphatic rings. The Kier molecular flexibility index (Phi) is 7.44. The van der Waals surface area contributed by atoms with E-state index >= 15 is 0 Å². The van der Waals surface area contributed by atoms with Crippen LogP contribution in [0.25, 0.3) is 11.1 Å². The van der Waals surface area contributed by atoms with Crippen LogP contribution in [0.15, 0.2) is 48.5 Å². The SMILES string of the molecule is CCCCc1nc(O)c(C(=O)N2CC[C@@H](c3ccccc3)C2)c(O)c1-c1c(OC)cccc1OC. The Morgan fingerprint density at radius 3 is 2.34 bits per heavy atom. The molecule has 7 nitrogen and oxygen atoms in total. The van der Waals surface area contributed by atoms with Crippen molar-refractivity contribution in [2.24, 2.45) is 0 Å². The van der Waals surface area contributed by atoms with Crippen molar-refractivity contribution in [3.8, 4) is 34.3 Å². The summed E-state index contributed by atoms with van der Waals surface area (Å²) in [5.41, 5.74) is 2.33. The maximum Gasteiger partial charge on any atom is 0.263 e. The van der Waals surface area contributed by atoms with Gasteiger partial charge in [0.05, 0.1) is 31.0 Å². The fourth-order valence-corrected chi connectivity index (χ4v) is 4.79. The number of hydrogen-bond acceptors (Lipinski definition) is 6. The molecular formula is C28H32N2O5. The van der Waals surface area contributed by atoms with Crippen molar-refractivity contribution < 1.29 is 24.5 Å². The van der Waals surface area contributed by atoms with Crippen LogP contribution < -0.4 is 9.47 Å². The Hall–Kier alpha value is -3.74. The first-order valence-electron chi connectivity index (χ1n) is 12.0. The number of unbranched alkanes of at least 4 members (excludes halogenated alkanes) is 1. The molecule has 2 aromatic carbocycles. The number of aromatic hydroxyl groups is 2. The summed E-state index contributed by atoms with van der Waals surface area (Å²) in [7, 11) is 3.07. The Bertz CT molecular complexity index is 1170. The van der Waals surface area contributed by atoms with Gasteiger partial charge in [0.25, 0.3) is 5.91 Å². The zero-order chi connectivity index (χ0) is 24.9. The molecule has 1 amide bonds. The Balaban J connectivity index is 1.79. The molecule has 1 fully saturated rings. The van der Waals surface area contributed by atoms with Crippen LogP contribution in [-0.2, 0) is 6.42 Å². The van der Waals surface area contributed by atoms with Gasteiger partial charge in [-0.1, -0.05) is 49.7 Å². The maximum atomic E-state index is 13.6. The van der Waals surface area contributed by atoms with Crippen LogP contribution in [0.1, 0.15) is 53.7 Å². The highest BCUT2D eigenvalue weighted by molar-refractivity contribution is 6.02. The monoisotopic (exact) mass is 476 g/mol. The molecule has 1 aromatic heterocycles. The van der Waals surface area contributed by atoms with Gasteiger partial charge in [-0.25, -0.2) is 4.98 Å². The number of likely N-dealkylation sites (tertiary alicyclic amines) is 1. The number of carbonyl (C=O) groups is 1. The summed E-state index contributed by atoms with van der Waals surface area (Å²) in [6.07, 6.45) is 3.03. The van der Waals surface area contributed by atoms with Gasteiger partial charge >= 0.3 is 0 Å². The van der Waals surface area contributed by atoms with Gasteiger partial charge in [0, 0.05) is 19.0 Å². The van der Waals surface area contributed by atoms with E-state index in [1.165, 1.54) is 19.8 Å². The summed E-state index contributed by atoms with van der Waals surface area (Å²) in [4.78, 5) is 19.7. The molecular weight excluding hydrogens is 444 g/mol. The van der Waals surface area contributed by atoms with Crippen LogP contribution in [0.4, 0.5) is 0 Å². The quantitative estimate of drug-likeness (QED) is 0.467. The minimum Gasteiger partial charge on any atom is -0.506 e. The second-order valence-electron chi connectivity index (χ2n) is 8.77. The lowest BCUT2D eigenvalue weighted by Gasteiger charge is -2.22. The smallest absolute Gasteiger partial charge is 0.263 e. The first-order valence-corrected chi connectivity index (χ1v) is 12.0. The highest BCUT2D eigenvalue weighted by Gasteiger charge is 2.34. The molecule has 0 saturated carbocycles. The third-order valence-corrected chi connectivity index (χ3v) is 6.63. The molecule has 0 bridgehead atoms. The first kappa shape index (κ1) is 24.4. The summed E-state index contributed by atoms with van der Waals surface area (Å²) >= 11 is 0. The summed E-state index contributed by atoms with van der Waals surface area (Å²) in [6, 6.07) is 15.4. The van der Waals surface area contributed by atoms with Gasteiger partial charge in [0.2, 0.25) is 5.88 Å². The second-order valence-corrected chi connectivity index (χ2v) is 8.77. The minimum absolute atomic E-state index is 0.193. The van der Waals surface area contributed by atoms with E-state index in [2.05, 4.69) is 24.0 Å². The van der Waals surface area contributed by atoms with E-state index in [1.807, 2.05) is 18.2 Å². The minimum atomic E-state index is -0.459. The topological polar surface area (TPSA) is 92.1 Å². The summed E-state index contributed by atoms with van der Waals surface area (Å²) < 4.78 is 11.1. The molecule has 2 heterocycles. The lowest BCUT2D eigenvalue weighted by atomic mass is 9.95. The number of pyridine rings is 1. The predicted molar refractivity (Wildman–Crippen MR) is 134 cm³/mol. The maximum absolute atomic E-state index is 13.6. The number of nitrogens with zero attached hydrogens (tertiary/aromatic N) is 2. The standard InChI is InChI=1S/C28H32N2O5/c1-4-5-12-20-23(24-21(34-2)13-9-14-22(24)35-3)26(31)25(27(32)29-20)28(33)30-16-15-19(17-30)18-10-7-6-8-11-18/h6-11,13-14,19H,4-5,12,15-17H2,1-3H3,(H2,29,31,32)/t19-/m1/s1. The van der Waals surface area contributed by atoms with Crippen molar-refractivity contribution in [2.45, 2.75) is 38.5 Å². The van der Waals surface area contributed by atoms with Crippen molar-refractivity contribution in [1.82, 2.24) is 9.88 Å². The van der Waals surface area contributed by atoms with E-state index in [9.17, 15) is 15.0 Å². The Morgan fingerprint density at radius 1 is 1.03 bits per heavy atom. The van der Waals surface area contributed by atoms with Crippen molar-refractivity contribution in [1.29, 1.82) is 0 Å². The van der Waals surface area contributed by atoms with Gasteiger partial charge in [-0.3, -0.25) is 4.79 Å². The highest BCUT2D eigenvalue weighted by atomic mass is 16.5. The van der Waals surface area contributed by atoms with Gasteiger partial charge in [0.15, 0.2) is 0 Å². The zero-order valence-corrected chi connectivity index (χ0v) is 20.5. The van der Waals surface area contributed by atoms with Gasteiger partial charge in [0.1, 0.15) is 22.8 Å². The Morgan fingerprint density at radius 2 is 1.71 bits per heavy atom. The number of amides is 1. The van der Waals surface area contributed by atoms with E-state index < -0.39 is 11.8 Å². The number of methoxy groups -OCH3 is 2. The van der Waals surface area contributed by atoms with Crippen LogP contribution in [0.2, 0.25) is 0 Å². The molecule has 0 unspecified atom stereocenters. The number of aryl methyl sites for hydroxylation is 1. The molecule has 7 heteroatoms. The average Bonchev–Trinajstić information content (AvgIpc) is 3.38. The number of ether oxygens (including phenoxy) is 2. The lowest BCUT2D eigenvalue weighted by Crippen LogP contribution is -2.29. The summed E-state index contributed by atoms with van der Waals surface area (Å²) in [5, 5.41) is 22.3. The van der Waals surface area contributed by atoms with E-state index in [4.69, 9.17) is 9.47 Å². The molecule has 4 rings (SSSR count). The van der Waals surface area contributed by atoms with E-state index in [0.29, 0.717) is 47.8 Å². The molecule has 3 aromatic rings. The van der Waals surface area contributed by atoms with Crippen molar-refractivity contribution in [3.63, 3.8) is 0 Å². The highest BCUT2D eigenvalue weighted by Crippen LogP contribution is 2.47. The van der Waals surface area contributed by atoms with Crippen molar-refractivity contribution in [2.75, 3.05) is 27.3 Å². The number of hydrogen-bond donors (Lipinski definition) is 2. The number of carbonyl (C=O) groups excluding carboxylic acids is 1. The average molecular weight is 477 g/mol. The van der Waals surface area contributed by atoms with Crippen LogP contribution in [-0.4, -0.2) is 53.3 Å². The molecule has 0 aliphatic carbocycles. The predicted octanol–water partition coefficient (Wildman–Crippen LogP) is 5.15. The normalized spacial score (nSPS) is 15.3. The van der Waals surface area contributed by atoms with Crippen LogP contribution >= 0.6 is 0 Å². The summed E-state index contributed by atoms with van der Waals surface area (Å²) in [5.74, 6) is -0.0424.